The van der Waals surface area contributed by atoms with Gasteiger partial charge in [-0.2, -0.15) is 5.10 Å². The van der Waals surface area contributed by atoms with Crippen LogP contribution in [-0.2, 0) is 13.6 Å². The van der Waals surface area contributed by atoms with E-state index in [4.69, 9.17) is 4.42 Å². The number of hydrogen-bond acceptors (Lipinski definition) is 3. The molecule has 0 bridgehead atoms. The monoisotopic (exact) mass is 219 g/mol. The summed E-state index contributed by atoms with van der Waals surface area (Å²) in [5.41, 5.74) is 1.92. The lowest BCUT2D eigenvalue weighted by atomic mass is 10.2. The van der Waals surface area contributed by atoms with Gasteiger partial charge in [0.25, 0.3) is 5.91 Å². The van der Waals surface area contributed by atoms with Crippen LogP contribution in [0, 0.1) is 6.92 Å². The highest BCUT2D eigenvalue weighted by Gasteiger charge is 2.09. The summed E-state index contributed by atoms with van der Waals surface area (Å²) in [6, 6.07) is 3.32. The fourth-order valence-electron chi connectivity index (χ4n) is 1.49. The SMILES string of the molecule is Cc1nn(C)cc1CNC(=O)c1ccco1. The first-order valence-electron chi connectivity index (χ1n) is 4.97. The first kappa shape index (κ1) is 10.5. The van der Waals surface area contributed by atoms with Crippen LogP contribution in [-0.4, -0.2) is 15.7 Å². The summed E-state index contributed by atoms with van der Waals surface area (Å²) >= 11 is 0. The highest BCUT2D eigenvalue weighted by atomic mass is 16.3. The summed E-state index contributed by atoms with van der Waals surface area (Å²) in [7, 11) is 1.85. The molecule has 2 aromatic rings. The molecular formula is C11H13N3O2. The summed E-state index contributed by atoms with van der Waals surface area (Å²) in [5.74, 6) is 0.106. The van der Waals surface area contributed by atoms with E-state index in [-0.39, 0.29) is 5.91 Å². The molecule has 0 aliphatic heterocycles. The lowest BCUT2D eigenvalue weighted by Crippen LogP contribution is -2.22. The van der Waals surface area contributed by atoms with E-state index in [0.29, 0.717) is 12.3 Å². The van der Waals surface area contributed by atoms with E-state index >= 15 is 0 Å². The molecule has 2 heterocycles. The van der Waals surface area contributed by atoms with Gasteiger partial charge in [-0.25, -0.2) is 0 Å². The van der Waals surface area contributed by atoms with Gasteiger partial charge in [-0.05, 0) is 19.1 Å². The van der Waals surface area contributed by atoms with Crippen molar-refractivity contribution in [3.8, 4) is 0 Å². The van der Waals surface area contributed by atoms with Gasteiger partial charge in [0.1, 0.15) is 0 Å². The lowest BCUT2D eigenvalue weighted by Gasteiger charge is -2.01. The van der Waals surface area contributed by atoms with Crippen LogP contribution in [0.3, 0.4) is 0 Å². The van der Waals surface area contributed by atoms with Gasteiger partial charge in [-0.3, -0.25) is 9.48 Å². The predicted octanol–water partition coefficient (Wildman–Crippen LogP) is 1.25. The summed E-state index contributed by atoms with van der Waals surface area (Å²) in [6.07, 6.45) is 3.36. The summed E-state index contributed by atoms with van der Waals surface area (Å²) in [6.45, 7) is 2.37. The minimum atomic E-state index is -0.215. The normalized spacial score (nSPS) is 10.4. The highest BCUT2D eigenvalue weighted by molar-refractivity contribution is 5.91. The van der Waals surface area contributed by atoms with E-state index in [1.54, 1.807) is 16.8 Å². The Labute approximate surface area is 93.1 Å². The predicted molar refractivity (Wildman–Crippen MR) is 57.8 cm³/mol. The number of aryl methyl sites for hydroxylation is 2. The number of furan rings is 1. The zero-order valence-corrected chi connectivity index (χ0v) is 9.23. The average Bonchev–Trinajstić information content (AvgIpc) is 2.84. The Morgan fingerprint density at radius 2 is 2.44 bits per heavy atom. The van der Waals surface area contributed by atoms with Crippen molar-refractivity contribution in [3.63, 3.8) is 0 Å². The molecule has 5 heteroatoms. The van der Waals surface area contributed by atoms with Gasteiger partial charge in [0, 0.05) is 25.4 Å². The number of hydrogen-bond donors (Lipinski definition) is 1. The van der Waals surface area contributed by atoms with Gasteiger partial charge in [0.2, 0.25) is 0 Å². The number of amides is 1. The third-order valence-corrected chi connectivity index (χ3v) is 2.30. The molecule has 84 valence electrons. The van der Waals surface area contributed by atoms with Crippen molar-refractivity contribution in [1.82, 2.24) is 15.1 Å². The van der Waals surface area contributed by atoms with Crippen LogP contribution in [0.15, 0.2) is 29.0 Å². The molecule has 1 N–H and O–H groups in total. The fraction of sp³-hybridized carbons (Fsp3) is 0.273. The molecule has 0 atom stereocenters. The van der Waals surface area contributed by atoms with E-state index in [2.05, 4.69) is 10.4 Å². The molecule has 0 aliphatic carbocycles. The molecule has 0 saturated carbocycles. The minimum absolute atomic E-state index is 0.215. The number of rotatable bonds is 3. The largest absolute Gasteiger partial charge is 0.459 e. The molecular weight excluding hydrogens is 206 g/mol. The Balaban J connectivity index is 1.98. The number of nitrogens with one attached hydrogen (secondary N) is 1. The Hall–Kier alpha value is -2.04. The van der Waals surface area contributed by atoms with Gasteiger partial charge in [0.05, 0.1) is 12.0 Å². The number of carbonyl (C=O) groups excluding carboxylic acids is 1. The zero-order chi connectivity index (χ0) is 11.5. The molecule has 0 aromatic carbocycles. The van der Waals surface area contributed by atoms with Crippen LogP contribution in [0.25, 0.3) is 0 Å². The number of nitrogens with zero attached hydrogens (tertiary/aromatic N) is 2. The van der Waals surface area contributed by atoms with Crippen molar-refractivity contribution in [2.24, 2.45) is 7.05 Å². The molecule has 2 aromatic heterocycles. The van der Waals surface area contributed by atoms with Crippen LogP contribution >= 0.6 is 0 Å². The quantitative estimate of drug-likeness (QED) is 0.845. The Morgan fingerprint density at radius 1 is 1.62 bits per heavy atom. The van der Waals surface area contributed by atoms with Crippen LogP contribution in [0.4, 0.5) is 0 Å². The first-order chi connectivity index (χ1) is 7.66. The van der Waals surface area contributed by atoms with E-state index < -0.39 is 0 Å². The Bertz CT molecular complexity index is 485. The Morgan fingerprint density at radius 3 is 3.00 bits per heavy atom. The van der Waals surface area contributed by atoms with Crippen molar-refractivity contribution >= 4 is 5.91 Å². The van der Waals surface area contributed by atoms with E-state index in [9.17, 15) is 4.79 Å². The van der Waals surface area contributed by atoms with Crippen LogP contribution in [0.1, 0.15) is 21.8 Å². The van der Waals surface area contributed by atoms with Gasteiger partial charge >= 0.3 is 0 Å². The maximum absolute atomic E-state index is 11.6. The third kappa shape index (κ3) is 2.13. The zero-order valence-electron chi connectivity index (χ0n) is 9.23. The Kier molecular flexibility index (Phi) is 2.76. The molecule has 0 saturated heterocycles. The molecule has 1 amide bonds. The molecule has 0 unspecified atom stereocenters. The number of carbonyl (C=O) groups is 1. The van der Waals surface area contributed by atoms with Crippen molar-refractivity contribution < 1.29 is 9.21 Å². The molecule has 0 fully saturated rings. The van der Waals surface area contributed by atoms with E-state index in [1.165, 1.54) is 6.26 Å². The van der Waals surface area contributed by atoms with Crippen molar-refractivity contribution in [3.05, 3.63) is 41.6 Å². The standard InChI is InChI=1S/C11H13N3O2/c1-8-9(7-14(2)13-8)6-12-11(15)10-4-3-5-16-10/h3-5,7H,6H2,1-2H3,(H,12,15). The summed E-state index contributed by atoms with van der Waals surface area (Å²) in [5, 5.41) is 6.96. The maximum Gasteiger partial charge on any atom is 0.287 e. The average molecular weight is 219 g/mol. The summed E-state index contributed by atoms with van der Waals surface area (Å²) < 4.78 is 6.71. The van der Waals surface area contributed by atoms with Crippen molar-refractivity contribution in [2.45, 2.75) is 13.5 Å². The van der Waals surface area contributed by atoms with Gasteiger partial charge in [-0.15, -0.1) is 0 Å². The second kappa shape index (κ2) is 4.22. The second-order valence-electron chi connectivity index (χ2n) is 3.57. The molecule has 0 aliphatic rings. The smallest absolute Gasteiger partial charge is 0.287 e. The van der Waals surface area contributed by atoms with Crippen molar-refractivity contribution in [2.75, 3.05) is 0 Å². The van der Waals surface area contributed by atoms with Gasteiger partial charge in [0.15, 0.2) is 5.76 Å². The fourth-order valence-corrected chi connectivity index (χ4v) is 1.49. The molecule has 5 nitrogen and oxygen atoms in total. The molecule has 16 heavy (non-hydrogen) atoms. The first-order valence-corrected chi connectivity index (χ1v) is 4.97. The van der Waals surface area contributed by atoms with E-state index in [1.807, 2.05) is 20.2 Å². The van der Waals surface area contributed by atoms with Crippen molar-refractivity contribution in [1.29, 1.82) is 0 Å². The molecule has 0 radical (unpaired) electrons. The summed E-state index contributed by atoms with van der Waals surface area (Å²) in [4.78, 5) is 11.6. The topological polar surface area (TPSA) is 60.1 Å². The maximum atomic E-state index is 11.6. The highest BCUT2D eigenvalue weighted by Crippen LogP contribution is 2.05. The van der Waals surface area contributed by atoms with Crippen LogP contribution in [0.5, 0.6) is 0 Å². The molecule has 0 spiro atoms. The van der Waals surface area contributed by atoms with Gasteiger partial charge < -0.3 is 9.73 Å². The van der Waals surface area contributed by atoms with E-state index in [0.717, 1.165) is 11.3 Å². The lowest BCUT2D eigenvalue weighted by molar-refractivity contribution is 0.0923. The van der Waals surface area contributed by atoms with Crippen LogP contribution < -0.4 is 5.32 Å². The second-order valence-corrected chi connectivity index (χ2v) is 3.57. The third-order valence-electron chi connectivity index (χ3n) is 2.30. The minimum Gasteiger partial charge on any atom is -0.459 e. The number of aromatic nitrogens is 2. The van der Waals surface area contributed by atoms with Crippen LogP contribution in [0.2, 0.25) is 0 Å². The van der Waals surface area contributed by atoms with Gasteiger partial charge in [-0.1, -0.05) is 0 Å². The molecule has 2 rings (SSSR count).